The third kappa shape index (κ3) is 2.59. The van der Waals surface area contributed by atoms with Crippen molar-refractivity contribution in [2.45, 2.75) is 46.5 Å². The van der Waals surface area contributed by atoms with Gasteiger partial charge in [-0.3, -0.25) is 0 Å². The molecule has 2 aliphatic rings. The number of hydrogen-bond acceptors (Lipinski definition) is 1. The molecular formula is C23H26S. The van der Waals surface area contributed by atoms with E-state index in [1.807, 2.05) is 11.3 Å². The molecule has 124 valence electrons. The van der Waals surface area contributed by atoms with E-state index in [1.54, 1.807) is 16.0 Å². The average molecular weight is 335 g/mol. The van der Waals surface area contributed by atoms with Crippen molar-refractivity contribution >= 4 is 23.0 Å². The van der Waals surface area contributed by atoms with Crippen LogP contribution in [0.1, 0.15) is 52.3 Å². The SMILES string of the molecule is C=C(C)c1c(C)sc2c1CC(C(C)C1=Cc3ccccc3C1)CC2. The third-order valence-electron chi connectivity index (χ3n) is 5.98. The Morgan fingerprint density at radius 1 is 1.29 bits per heavy atom. The lowest BCUT2D eigenvalue weighted by molar-refractivity contribution is 0.359. The van der Waals surface area contributed by atoms with Crippen molar-refractivity contribution in [3.8, 4) is 0 Å². The molecule has 0 nitrogen and oxygen atoms in total. The molecule has 0 bridgehead atoms. The van der Waals surface area contributed by atoms with Crippen molar-refractivity contribution in [2.24, 2.45) is 11.8 Å². The third-order valence-corrected chi connectivity index (χ3v) is 7.19. The Morgan fingerprint density at radius 3 is 2.83 bits per heavy atom. The van der Waals surface area contributed by atoms with E-state index < -0.39 is 0 Å². The summed E-state index contributed by atoms with van der Waals surface area (Å²) in [6.07, 6.45) is 7.42. The predicted octanol–water partition coefficient (Wildman–Crippen LogP) is 6.47. The lowest BCUT2D eigenvalue weighted by Gasteiger charge is -2.29. The fraction of sp³-hybridized carbons (Fsp3) is 0.391. The molecule has 0 amide bonds. The maximum Gasteiger partial charge on any atom is 0.00948 e. The highest BCUT2D eigenvalue weighted by Gasteiger charge is 2.30. The maximum atomic E-state index is 4.24. The first-order valence-corrected chi connectivity index (χ1v) is 9.91. The van der Waals surface area contributed by atoms with E-state index in [0.29, 0.717) is 5.92 Å². The van der Waals surface area contributed by atoms with Crippen LogP contribution in [0.25, 0.3) is 11.6 Å². The highest BCUT2D eigenvalue weighted by atomic mass is 32.1. The molecule has 24 heavy (non-hydrogen) atoms. The van der Waals surface area contributed by atoms with E-state index >= 15 is 0 Å². The minimum Gasteiger partial charge on any atom is -0.145 e. The van der Waals surface area contributed by atoms with Gasteiger partial charge in [-0.1, -0.05) is 49.4 Å². The van der Waals surface area contributed by atoms with Crippen molar-refractivity contribution in [3.63, 3.8) is 0 Å². The van der Waals surface area contributed by atoms with Crippen LogP contribution in [0.3, 0.4) is 0 Å². The van der Waals surface area contributed by atoms with Gasteiger partial charge in [0, 0.05) is 9.75 Å². The Kier molecular flexibility index (Phi) is 4.00. The minimum absolute atomic E-state index is 0.670. The molecule has 0 saturated carbocycles. The van der Waals surface area contributed by atoms with Crippen LogP contribution in [0.5, 0.6) is 0 Å². The monoisotopic (exact) mass is 334 g/mol. The van der Waals surface area contributed by atoms with E-state index in [1.165, 1.54) is 46.4 Å². The van der Waals surface area contributed by atoms with Crippen LogP contribution in [-0.2, 0) is 19.3 Å². The zero-order chi connectivity index (χ0) is 16.8. The first-order valence-electron chi connectivity index (χ1n) is 9.10. The number of rotatable bonds is 3. The summed E-state index contributed by atoms with van der Waals surface area (Å²) < 4.78 is 0. The van der Waals surface area contributed by atoms with E-state index in [-0.39, 0.29) is 0 Å². The number of allylic oxidation sites excluding steroid dienone is 2. The van der Waals surface area contributed by atoms with Crippen LogP contribution in [0.2, 0.25) is 0 Å². The van der Waals surface area contributed by atoms with E-state index in [9.17, 15) is 0 Å². The number of benzene rings is 1. The van der Waals surface area contributed by atoms with Gasteiger partial charge in [0.25, 0.3) is 0 Å². The summed E-state index contributed by atoms with van der Waals surface area (Å²) in [5, 5.41) is 0. The molecule has 2 atom stereocenters. The summed E-state index contributed by atoms with van der Waals surface area (Å²) in [7, 11) is 0. The zero-order valence-electron chi connectivity index (χ0n) is 15.0. The first kappa shape index (κ1) is 15.9. The normalized spacial score (nSPS) is 20.3. The lowest BCUT2D eigenvalue weighted by Crippen LogP contribution is -2.22. The fourth-order valence-corrected chi connectivity index (χ4v) is 5.93. The zero-order valence-corrected chi connectivity index (χ0v) is 15.8. The van der Waals surface area contributed by atoms with Gasteiger partial charge in [-0.25, -0.2) is 0 Å². The van der Waals surface area contributed by atoms with Crippen molar-refractivity contribution in [1.82, 2.24) is 0 Å². The molecule has 1 heterocycles. The summed E-state index contributed by atoms with van der Waals surface area (Å²) in [4.78, 5) is 3.09. The van der Waals surface area contributed by atoms with Crippen LogP contribution < -0.4 is 0 Å². The average Bonchev–Trinajstić information content (AvgIpc) is 3.13. The second kappa shape index (κ2) is 6.04. The number of aryl methyl sites for hydroxylation is 2. The molecule has 1 heteroatoms. The molecule has 0 saturated heterocycles. The van der Waals surface area contributed by atoms with Gasteiger partial charge in [-0.15, -0.1) is 11.3 Å². The van der Waals surface area contributed by atoms with Crippen molar-refractivity contribution in [1.29, 1.82) is 0 Å². The number of fused-ring (bicyclic) bond motifs is 2. The van der Waals surface area contributed by atoms with Gasteiger partial charge in [-0.05, 0) is 79.2 Å². The molecule has 2 aromatic rings. The highest BCUT2D eigenvalue weighted by Crippen LogP contribution is 2.43. The van der Waals surface area contributed by atoms with E-state index in [2.05, 4.69) is 57.7 Å². The largest absolute Gasteiger partial charge is 0.145 e. The van der Waals surface area contributed by atoms with Crippen LogP contribution in [0.4, 0.5) is 0 Å². The summed E-state index contributed by atoms with van der Waals surface area (Å²) in [5.74, 6) is 1.44. The quantitative estimate of drug-likeness (QED) is 0.603. The van der Waals surface area contributed by atoms with E-state index in [4.69, 9.17) is 0 Å². The molecule has 0 N–H and O–H groups in total. The Balaban J connectivity index is 1.58. The van der Waals surface area contributed by atoms with Crippen LogP contribution in [-0.4, -0.2) is 0 Å². The Morgan fingerprint density at radius 2 is 2.08 bits per heavy atom. The van der Waals surface area contributed by atoms with Gasteiger partial charge < -0.3 is 0 Å². The predicted molar refractivity (Wildman–Crippen MR) is 107 cm³/mol. The molecule has 0 aliphatic heterocycles. The number of hydrogen-bond donors (Lipinski definition) is 0. The van der Waals surface area contributed by atoms with Gasteiger partial charge in [0.2, 0.25) is 0 Å². The molecule has 4 rings (SSSR count). The second-order valence-electron chi connectivity index (χ2n) is 7.60. The van der Waals surface area contributed by atoms with Gasteiger partial charge in [0.15, 0.2) is 0 Å². The molecule has 0 radical (unpaired) electrons. The Labute approximate surface area is 149 Å². The molecule has 1 aromatic heterocycles. The highest BCUT2D eigenvalue weighted by molar-refractivity contribution is 7.12. The standard InChI is InChI=1S/C23H26S/c1-14(2)23-16(4)24-22-10-9-17(13-21(22)23)15(3)20-11-18-7-5-6-8-19(18)12-20/h5-8,11,15,17H,1,9-10,12-13H2,2-4H3. The molecule has 2 aliphatic carbocycles. The molecule has 1 aromatic carbocycles. The Hall–Kier alpha value is -1.60. The van der Waals surface area contributed by atoms with Gasteiger partial charge in [0.05, 0.1) is 0 Å². The smallest absolute Gasteiger partial charge is 0.00948 e. The summed E-state index contributed by atoms with van der Waals surface area (Å²) >= 11 is 2.01. The van der Waals surface area contributed by atoms with Crippen LogP contribution in [0.15, 0.2) is 36.4 Å². The summed E-state index contributed by atoms with van der Waals surface area (Å²) in [5.41, 5.74) is 8.90. The van der Waals surface area contributed by atoms with Gasteiger partial charge >= 0.3 is 0 Å². The molecular weight excluding hydrogens is 308 g/mol. The topological polar surface area (TPSA) is 0 Å². The van der Waals surface area contributed by atoms with Gasteiger partial charge in [-0.2, -0.15) is 0 Å². The second-order valence-corrected chi connectivity index (χ2v) is 8.91. The lowest BCUT2D eigenvalue weighted by atomic mass is 9.75. The number of thiophene rings is 1. The Bertz CT molecular complexity index is 834. The van der Waals surface area contributed by atoms with Crippen molar-refractivity contribution in [3.05, 3.63) is 68.4 Å². The van der Waals surface area contributed by atoms with Crippen molar-refractivity contribution in [2.75, 3.05) is 0 Å². The molecule has 0 spiro atoms. The van der Waals surface area contributed by atoms with Crippen LogP contribution >= 0.6 is 11.3 Å². The van der Waals surface area contributed by atoms with Crippen molar-refractivity contribution < 1.29 is 0 Å². The summed E-state index contributed by atoms with van der Waals surface area (Å²) in [6.45, 7) is 11.1. The van der Waals surface area contributed by atoms with Gasteiger partial charge in [0.1, 0.15) is 0 Å². The molecule has 2 unspecified atom stereocenters. The fourth-order valence-electron chi connectivity index (χ4n) is 4.63. The summed E-state index contributed by atoms with van der Waals surface area (Å²) in [6, 6.07) is 8.87. The van der Waals surface area contributed by atoms with Crippen LogP contribution in [0, 0.1) is 18.8 Å². The maximum absolute atomic E-state index is 4.24. The minimum atomic E-state index is 0.670. The first-order chi connectivity index (χ1) is 11.5. The molecule has 0 fully saturated rings. The van der Waals surface area contributed by atoms with E-state index in [0.717, 1.165) is 12.3 Å².